The molecule has 0 aliphatic carbocycles. The molecule has 0 aromatic heterocycles. The van der Waals surface area contributed by atoms with Gasteiger partial charge in [-0.25, -0.2) is 4.79 Å². The summed E-state index contributed by atoms with van der Waals surface area (Å²) >= 11 is 0. The third-order valence-corrected chi connectivity index (χ3v) is 3.06. The predicted molar refractivity (Wildman–Crippen MR) is 81.2 cm³/mol. The highest BCUT2D eigenvalue weighted by atomic mass is 16.6. The van der Waals surface area contributed by atoms with E-state index in [4.69, 9.17) is 4.74 Å². The Balaban J connectivity index is 1.81. The zero-order valence-corrected chi connectivity index (χ0v) is 11.9. The van der Waals surface area contributed by atoms with Gasteiger partial charge >= 0.3 is 11.9 Å². The molecule has 0 bridgehead atoms. The summed E-state index contributed by atoms with van der Waals surface area (Å²) in [4.78, 5) is 25.3. The van der Waals surface area contributed by atoms with E-state index >= 15 is 0 Å². The van der Waals surface area contributed by atoms with Crippen LogP contribution in [0.15, 0.2) is 60.7 Å². The molecule has 0 aliphatic heterocycles. The molecule has 21 heavy (non-hydrogen) atoms. The van der Waals surface area contributed by atoms with Crippen molar-refractivity contribution in [2.75, 3.05) is 18.5 Å². The van der Waals surface area contributed by atoms with Crippen LogP contribution in [0.5, 0.6) is 0 Å². The lowest BCUT2D eigenvalue weighted by atomic mass is 10.2. The van der Waals surface area contributed by atoms with E-state index in [0.29, 0.717) is 12.1 Å². The minimum atomic E-state index is -0.608. The molecule has 0 spiro atoms. The van der Waals surface area contributed by atoms with E-state index in [1.54, 1.807) is 30.3 Å². The van der Waals surface area contributed by atoms with Gasteiger partial charge in [0.25, 0.3) is 0 Å². The van der Waals surface area contributed by atoms with Gasteiger partial charge in [-0.05, 0) is 24.3 Å². The average molecular weight is 283 g/mol. The van der Waals surface area contributed by atoms with Crippen LogP contribution in [0.1, 0.15) is 16.8 Å². The van der Waals surface area contributed by atoms with Crippen molar-refractivity contribution in [1.29, 1.82) is 0 Å². The van der Waals surface area contributed by atoms with E-state index in [2.05, 4.69) is 0 Å². The number of carbonyl (C=O) groups is 2. The highest BCUT2D eigenvalue weighted by Gasteiger charge is 2.13. The highest BCUT2D eigenvalue weighted by Crippen LogP contribution is 2.11. The average Bonchev–Trinajstić information content (AvgIpc) is 2.54. The molecule has 0 unspecified atom stereocenters. The van der Waals surface area contributed by atoms with Gasteiger partial charge in [0.15, 0.2) is 0 Å². The third-order valence-electron chi connectivity index (χ3n) is 3.06. The second kappa shape index (κ2) is 7.24. The summed E-state index contributed by atoms with van der Waals surface area (Å²) in [6.45, 7) is 0.491. The maximum atomic E-state index is 11.7. The Labute approximate surface area is 124 Å². The number of benzene rings is 2. The predicted octanol–water partition coefficient (Wildman–Crippen LogP) is 2.90. The number of hydrogen-bond donors (Lipinski definition) is 0. The molecule has 0 atom stereocenters. The summed E-state index contributed by atoms with van der Waals surface area (Å²) in [5.41, 5.74) is 1.39. The summed E-state index contributed by atoms with van der Waals surface area (Å²) in [5, 5.41) is 0. The molecule has 0 saturated heterocycles. The van der Waals surface area contributed by atoms with Gasteiger partial charge in [-0.3, -0.25) is 4.79 Å². The van der Waals surface area contributed by atoms with Crippen LogP contribution in [-0.4, -0.2) is 25.5 Å². The van der Waals surface area contributed by atoms with E-state index < -0.39 is 11.9 Å². The minimum absolute atomic E-state index is 0.157. The molecule has 2 aromatic rings. The number of ether oxygens (including phenoxy) is 1. The summed E-state index contributed by atoms with van der Waals surface area (Å²) < 4.78 is 4.82. The Kier molecular flexibility index (Phi) is 5.10. The standard InChI is InChI=1S/C17H17NO3/c1-18(15-10-6-3-7-11-15)13-12-16(19)21-17(20)14-8-4-2-5-9-14/h2-11H,12-13H2,1H3. The summed E-state index contributed by atoms with van der Waals surface area (Å²) in [6, 6.07) is 18.2. The van der Waals surface area contributed by atoms with Gasteiger partial charge in [0.2, 0.25) is 0 Å². The van der Waals surface area contributed by atoms with Crippen LogP contribution in [0.2, 0.25) is 0 Å². The molecule has 108 valence electrons. The highest BCUT2D eigenvalue weighted by molar-refractivity contribution is 5.96. The van der Waals surface area contributed by atoms with Gasteiger partial charge in [-0.15, -0.1) is 0 Å². The van der Waals surface area contributed by atoms with Crippen LogP contribution >= 0.6 is 0 Å². The Hall–Kier alpha value is -2.62. The van der Waals surface area contributed by atoms with Crippen molar-refractivity contribution in [3.63, 3.8) is 0 Å². The molecule has 4 heteroatoms. The van der Waals surface area contributed by atoms with Crippen LogP contribution in [0.3, 0.4) is 0 Å². The summed E-state index contributed by atoms with van der Waals surface area (Å²) in [6.07, 6.45) is 0.157. The molecule has 4 nitrogen and oxygen atoms in total. The molecule has 0 fully saturated rings. The molecule has 0 radical (unpaired) electrons. The van der Waals surface area contributed by atoms with Crippen molar-refractivity contribution in [3.8, 4) is 0 Å². The lowest BCUT2D eigenvalue weighted by Gasteiger charge is -2.18. The van der Waals surface area contributed by atoms with Crippen LogP contribution in [0, 0.1) is 0 Å². The maximum absolute atomic E-state index is 11.7. The number of para-hydroxylation sites is 1. The first-order chi connectivity index (χ1) is 10.2. The quantitative estimate of drug-likeness (QED) is 0.625. The molecule has 0 heterocycles. The maximum Gasteiger partial charge on any atom is 0.345 e. The fourth-order valence-electron chi connectivity index (χ4n) is 1.86. The third kappa shape index (κ3) is 4.45. The Morgan fingerprint density at radius 1 is 0.952 bits per heavy atom. The molecule has 0 N–H and O–H groups in total. The van der Waals surface area contributed by atoms with Gasteiger partial charge in [-0.2, -0.15) is 0 Å². The van der Waals surface area contributed by atoms with Crippen LogP contribution in [0.25, 0.3) is 0 Å². The molecule has 0 amide bonds. The van der Waals surface area contributed by atoms with Gasteiger partial charge in [0, 0.05) is 19.3 Å². The van der Waals surface area contributed by atoms with Crippen LogP contribution in [0.4, 0.5) is 5.69 Å². The topological polar surface area (TPSA) is 46.6 Å². The second-order valence-electron chi connectivity index (χ2n) is 4.63. The molecular formula is C17H17NO3. The van der Waals surface area contributed by atoms with Gasteiger partial charge in [0.1, 0.15) is 0 Å². The molecule has 2 aromatic carbocycles. The number of hydrogen-bond acceptors (Lipinski definition) is 4. The van der Waals surface area contributed by atoms with Crippen molar-refractivity contribution in [1.82, 2.24) is 0 Å². The van der Waals surface area contributed by atoms with Crippen molar-refractivity contribution in [2.45, 2.75) is 6.42 Å². The van der Waals surface area contributed by atoms with Crippen molar-refractivity contribution < 1.29 is 14.3 Å². The van der Waals surface area contributed by atoms with Crippen molar-refractivity contribution >= 4 is 17.6 Å². The van der Waals surface area contributed by atoms with Crippen molar-refractivity contribution in [2.24, 2.45) is 0 Å². The van der Waals surface area contributed by atoms with Gasteiger partial charge < -0.3 is 9.64 Å². The van der Waals surface area contributed by atoms with E-state index in [1.807, 2.05) is 42.3 Å². The Morgan fingerprint density at radius 3 is 2.14 bits per heavy atom. The van der Waals surface area contributed by atoms with Crippen LogP contribution < -0.4 is 4.90 Å². The van der Waals surface area contributed by atoms with Gasteiger partial charge in [0.05, 0.1) is 12.0 Å². The van der Waals surface area contributed by atoms with E-state index in [0.717, 1.165) is 5.69 Å². The smallest absolute Gasteiger partial charge is 0.345 e. The SMILES string of the molecule is CN(CCC(=O)OC(=O)c1ccccc1)c1ccccc1. The number of nitrogens with zero attached hydrogens (tertiary/aromatic N) is 1. The van der Waals surface area contributed by atoms with E-state index in [1.165, 1.54) is 0 Å². The fourth-order valence-corrected chi connectivity index (χ4v) is 1.86. The monoisotopic (exact) mass is 283 g/mol. The fraction of sp³-hybridized carbons (Fsp3) is 0.176. The second-order valence-corrected chi connectivity index (χ2v) is 4.63. The Bertz CT molecular complexity index is 596. The molecular weight excluding hydrogens is 266 g/mol. The molecule has 0 saturated carbocycles. The summed E-state index contributed by atoms with van der Waals surface area (Å²) in [5.74, 6) is -1.13. The zero-order chi connectivity index (χ0) is 15.1. The molecule has 0 aliphatic rings. The Morgan fingerprint density at radius 2 is 1.52 bits per heavy atom. The number of carbonyl (C=O) groups excluding carboxylic acids is 2. The minimum Gasteiger partial charge on any atom is -0.389 e. The zero-order valence-electron chi connectivity index (χ0n) is 11.9. The number of anilines is 1. The van der Waals surface area contributed by atoms with Crippen LogP contribution in [-0.2, 0) is 9.53 Å². The number of esters is 2. The van der Waals surface area contributed by atoms with Crippen molar-refractivity contribution in [3.05, 3.63) is 66.2 Å². The normalized spacial score (nSPS) is 9.95. The van der Waals surface area contributed by atoms with E-state index in [9.17, 15) is 9.59 Å². The first kappa shape index (κ1) is 14.8. The first-order valence-electron chi connectivity index (χ1n) is 6.73. The number of rotatable bonds is 5. The first-order valence-corrected chi connectivity index (χ1v) is 6.73. The lowest BCUT2D eigenvalue weighted by Crippen LogP contribution is -2.23. The van der Waals surface area contributed by atoms with E-state index in [-0.39, 0.29) is 6.42 Å². The van der Waals surface area contributed by atoms with Gasteiger partial charge in [-0.1, -0.05) is 36.4 Å². The summed E-state index contributed by atoms with van der Waals surface area (Å²) in [7, 11) is 1.89. The largest absolute Gasteiger partial charge is 0.389 e. The lowest BCUT2D eigenvalue weighted by molar-refractivity contribution is -0.137. The molecule has 2 rings (SSSR count).